The van der Waals surface area contributed by atoms with Crippen molar-refractivity contribution in [3.8, 4) is 0 Å². The molecule has 12 heteroatoms. The van der Waals surface area contributed by atoms with Crippen LogP contribution in [-0.4, -0.2) is 103 Å². The molecule has 2 heterocycles. The molecule has 0 N–H and O–H groups in total. The van der Waals surface area contributed by atoms with Crippen molar-refractivity contribution in [1.29, 1.82) is 0 Å². The van der Waals surface area contributed by atoms with Gasteiger partial charge in [-0.05, 0) is 71.9 Å². The molecule has 0 aliphatic carbocycles. The molecular weight excluding hydrogens is 650 g/mol. The predicted octanol–water partition coefficient (Wildman–Crippen LogP) is 6.66. The Labute approximate surface area is 296 Å². The standard InChI is InChI=1S/C18H26N2O4.C12H21NO4.C7H7Cl/c1-18(2,3)24-17(22)20-11-10-19(13-15(20)16(21)23-4)12-14-8-6-5-7-9-14;1-12(2,3)17-11(15)13-8-6-5-7-9(13)10(14)16-4;8-6-7-4-2-1-3-5-7/h5-9,15H,10-13H2,1-4H3;9H,5-8H2,1-4H3;1-5H,6H2/t15-;9-;/m00./s1. The summed E-state index contributed by atoms with van der Waals surface area (Å²) in [6.45, 7) is 13.7. The smallest absolute Gasteiger partial charge is 0.411 e. The van der Waals surface area contributed by atoms with Gasteiger partial charge in [0, 0.05) is 38.6 Å². The van der Waals surface area contributed by atoms with Gasteiger partial charge in [-0.25, -0.2) is 19.2 Å². The molecule has 0 bridgehead atoms. The second-order valence-corrected chi connectivity index (χ2v) is 14.0. The molecule has 4 rings (SSSR count). The number of methoxy groups -OCH3 is 2. The lowest BCUT2D eigenvalue weighted by molar-refractivity contribution is -0.149. The van der Waals surface area contributed by atoms with Crippen molar-refractivity contribution in [3.63, 3.8) is 0 Å². The predicted molar refractivity (Wildman–Crippen MR) is 189 cm³/mol. The molecule has 0 radical (unpaired) electrons. The maximum Gasteiger partial charge on any atom is 0.411 e. The van der Waals surface area contributed by atoms with Gasteiger partial charge in [-0.15, -0.1) is 11.6 Å². The molecule has 2 aromatic carbocycles. The van der Waals surface area contributed by atoms with E-state index in [0.29, 0.717) is 38.5 Å². The summed E-state index contributed by atoms with van der Waals surface area (Å²) < 4.78 is 20.3. The topological polar surface area (TPSA) is 115 Å². The van der Waals surface area contributed by atoms with Crippen LogP contribution in [0.5, 0.6) is 0 Å². The van der Waals surface area contributed by atoms with Gasteiger partial charge >= 0.3 is 24.1 Å². The molecular formula is C37H54ClN3O8. The van der Waals surface area contributed by atoms with Gasteiger partial charge in [0.1, 0.15) is 23.3 Å². The van der Waals surface area contributed by atoms with E-state index in [0.717, 1.165) is 19.4 Å². The number of esters is 2. The van der Waals surface area contributed by atoms with E-state index in [1.807, 2.05) is 102 Å². The van der Waals surface area contributed by atoms with Crippen molar-refractivity contribution in [1.82, 2.24) is 14.7 Å². The van der Waals surface area contributed by atoms with Gasteiger partial charge in [0.15, 0.2) is 0 Å². The van der Waals surface area contributed by atoms with Crippen LogP contribution in [0.15, 0.2) is 60.7 Å². The molecule has 2 atom stereocenters. The van der Waals surface area contributed by atoms with Gasteiger partial charge in [0.05, 0.1) is 14.2 Å². The summed E-state index contributed by atoms with van der Waals surface area (Å²) >= 11 is 5.53. The summed E-state index contributed by atoms with van der Waals surface area (Å²) in [5.74, 6) is -0.171. The van der Waals surface area contributed by atoms with E-state index in [2.05, 4.69) is 4.90 Å². The number of hydrogen-bond donors (Lipinski definition) is 0. The van der Waals surface area contributed by atoms with E-state index in [-0.39, 0.29) is 5.97 Å². The van der Waals surface area contributed by atoms with Crippen molar-refractivity contribution < 1.29 is 38.1 Å². The van der Waals surface area contributed by atoms with Gasteiger partial charge in [-0.3, -0.25) is 14.7 Å². The number of piperidine rings is 1. The summed E-state index contributed by atoms with van der Waals surface area (Å²) in [5, 5.41) is 0. The maximum absolute atomic E-state index is 12.4. The van der Waals surface area contributed by atoms with Crippen LogP contribution < -0.4 is 0 Å². The number of amides is 2. The van der Waals surface area contributed by atoms with Crippen LogP contribution in [0.3, 0.4) is 0 Å². The molecule has 2 saturated heterocycles. The molecule has 2 amide bonds. The van der Waals surface area contributed by atoms with E-state index in [1.54, 1.807) is 0 Å². The highest BCUT2D eigenvalue weighted by Crippen LogP contribution is 2.21. The second kappa shape index (κ2) is 20.0. The molecule has 0 aromatic heterocycles. The minimum atomic E-state index is -0.651. The number of piperazine rings is 1. The highest BCUT2D eigenvalue weighted by molar-refractivity contribution is 6.17. The largest absolute Gasteiger partial charge is 0.467 e. The van der Waals surface area contributed by atoms with Crippen molar-refractivity contribution in [2.75, 3.05) is 40.4 Å². The number of carbonyl (C=O) groups excluding carboxylic acids is 4. The lowest BCUT2D eigenvalue weighted by atomic mass is 10.0. The van der Waals surface area contributed by atoms with Gasteiger partial charge in [-0.2, -0.15) is 0 Å². The summed E-state index contributed by atoms with van der Waals surface area (Å²) in [6, 6.07) is 18.9. The minimum Gasteiger partial charge on any atom is -0.467 e. The van der Waals surface area contributed by atoms with Crippen LogP contribution in [0.2, 0.25) is 0 Å². The fourth-order valence-corrected chi connectivity index (χ4v) is 5.30. The van der Waals surface area contributed by atoms with Crippen LogP contribution in [0.1, 0.15) is 71.9 Å². The Bertz CT molecular complexity index is 1310. The van der Waals surface area contributed by atoms with Crippen molar-refractivity contribution >= 4 is 35.7 Å². The molecule has 0 saturated carbocycles. The number of carbonyl (C=O) groups is 4. The lowest BCUT2D eigenvalue weighted by Crippen LogP contribution is -2.59. The number of alkyl halides is 1. The average Bonchev–Trinajstić information content (AvgIpc) is 3.07. The van der Waals surface area contributed by atoms with Crippen LogP contribution in [0, 0.1) is 0 Å². The summed E-state index contributed by atoms with van der Waals surface area (Å²) in [5.41, 5.74) is 1.20. The molecule has 2 aromatic rings. The molecule has 0 unspecified atom stereocenters. The molecule has 272 valence electrons. The highest BCUT2D eigenvalue weighted by atomic mass is 35.5. The molecule has 0 spiro atoms. The monoisotopic (exact) mass is 703 g/mol. The van der Waals surface area contributed by atoms with Crippen molar-refractivity contribution in [2.45, 2.75) is 96.5 Å². The second-order valence-electron chi connectivity index (χ2n) is 13.8. The Balaban J connectivity index is 0.000000288. The van der Waals surface area contributed by atoms with Crippen LogP contribution >= 0.6 is 11.6 Å². The molecule has 2 aliphatic heterocycles. The Morgan fingerprint density at radius 2 is 1.14 bits per heavy atom. The van der Waals surface area contributed by atoms with Gasteiger partial charge in [-0.1, -0.05) is 60.7 Å². The molecule has 11 nitrogen and oxygen atoms in total. The third kappa shape index (κ3) is 15.1. The van der Waals surface area contributed by atoms with Gasteiger partial charge in [0.25, 0.3) is 0 Å². The zero-order valence-electron chi connectivity index (χ0n) is 30.3. The fraction of sp³-hybridized carbons (Fsp3) is 0.568. The van der Waals surface area contributed by atoms with E-state index in [4.69, 9.17) is 30.5 Å². The number of benzene rings is 2. The Morgan fingerprint density at radius 1 is 0.673 bits per heavy atom. The Hall–Kier alpha value is -3.83. The van der Waals surface area contributed by atoms with Crippen LogP contribution in [0.25, 0.3) is 0 Å². The zero-order valence-corrected chi connectivity index (χ0v) is 31.0. The number of likely N-dealkylation sites (tertiary alicyclic amines) is 1. The molecule has 2 fully saturated rings. The minimum absolute atomic E-state index is 0.365. The SMILES string of the molecule is COC(=O)[C@@H]1CCCCN1C(=O)OC(C)(C)C.COC(=O)[C@@H]1CN(Cc2ccccc2)CCN1C(=O)OC(C)(C)C.ClCc1ccccc1. The summed E-state index contributed by atoms with van der Waals surface area (Å²) in [6.07, 6.45) is 1.56. The van der Waals surface area contributed by atoms with Crippen molar-refractivity contribution in [3.05, 3.63) is 71.8 Å². The van der Waals surface area contributed by atoms with Crippen molar-refractivity contribution in [2.24, 2.45) is 0 Å². The lowest BCUT2D eigenvalue weighted by Gasteiger charge is -2.40. The number of rotatable bonds is 5. The first-order valence-electron chi connectivity index (χ1n) is 16.6. The average molecular weight is 704 g/mol. The first-order valence-corrected chi connectivity index (χ1v) is 17.1. The first-order chi connectivity index (χ1) is 23.1. The van der Waals surface area contributed by atoms with E-state index in [9.17, 15) is 19.2 Å². The first kappa shape index (κ1) is 41.3. The van der Waals surface area contributed by atoms with Crippen LogP contribution in [0.4, 0.5) is 9.59 Å². The number of nitrogens with zero attached hydrogens (tertiary/aromatic N) is 3. The number of hydrogen-bond acceptors (Lipinski definition) is 9. The van der Waals surface area contributed by atoms with E-state index >= 15 is 0 Å². The Kier molecular flexibility index (Phi) is 16.9. The third-order valence-electron chi connectivity index (χ3n) is 7.42. The number of halogens is 1. The number of ether oxygens (including phenoxy) is 4. The Morgan fingerprint density at radius 3 is 1.59 bits per heavy atom. The van der Waals surface area contributed by atoms with Crippen LogP contribution in [-0.2, 0) is 41.0 Å². The fourth-order valence-electron chi connectivity index (χ4n) is 5.12. The third-order valence-corrected chi connectivity index (χ3v) is 7.72. The highest BCUT2D eigenvalue weighted by Gasteiger charge is 2.38. The molecule has 49 heavy (non-hydrogen) atoms. The normalized spacial score (nSPS) is 18.1. The summed E-state index contributed by atoms with van der Waals surface area (Å²) in [7, 11) is 2.68. The quantitative estimate of drug-likeness (QED) is 0.192. The molecule has 2 aliphatic rings. The maximum atomic E-state index is 12.4. The zero-order chi connectivity index (χ0) is 36.6. The van der Waals surface area contributed by atoms with E-state index in [1.165, 1.54) is 35.1 Å². The van der Waals surface area contributed by atoms with Gasteiger partial charge in [0.2, 0.25) is 0 Å². The van der Waals surface area contributed by atoms with Gasteiger partial charge < -0.3 is 18.9 Å². The summed E-state index contributed by atoms with van der Waals surface area (Å²) in [4.78, 5) is 53.1. The van der Waals surface area contributed by atoms with E-state index < -0.39 is 41.4 Å².